The third kappa shape index (κ3) is 4.13. The number of aryl methyl sites for hydroxylation is 2. The lowest BCUT2D eigenvalue weighted by Gasteiger charge is -2.14. The second-order valence-electron chi connectivity index (χ2n) is 5.11. The van der Waals surface area contributed by atoms with Gasteiger partial charge in [0, 0.05) is 17.1 Å². The summed E-state index contributed by atoms with van der Waals surface area (Å²) in [6.45, 7) is 5.34. The molecule has 0 radical (unpaired) electrons. The Hall–Kier alpha value is -1.22. The minimum atomic E-state index is 0.485. The van der Waals surface area contributed by atoms with Gasteiger partial charge in [0.1, 0.15) is 12.4 Å². The standard InChI is InChI=1S/C17H19Cl2NO/c1-11-4-5-13(6-12(11)2)10-21-17-14(9-20-3)7-15(18)8-16(17)19/h4-8,20H,9-10H2,1-3H3. The summed E-state index contributed by atoms with van der Waals surface area (Å²) in [4.78, 5) is 0. The molecule has 2 aromatic carbocycles. The maximum atomic E-state index is 6.26. The first-order chi connectivity index (χ1) is 10.0. The van der Waals surface area contributed by atoms with Gasteiger partial charge in [0.05, 0.1) is 5.02 Å². The number of halogens is 2. The van der Waals surface area contributed by atoms with Crippen molar-refractivity contribution in [2.45, 2.75) is 27.0 Å². The lowest BCUT2D eigenvalue weighted by Crippen LogP contribution is -2.08. The Bertz CT molecular complexity index is 641. The Morgan fingerprint density at radius 3 is 2.48 bits per heavy atom. The van der Waals surface area contributed by atoms with E-state index in [2.05, 4.69) is 37.4 Å². The van der Waals surface area contributed by atoms with Crippen LogP contribution in [0, 0.1) is 13.8 Å². The van der Waals surface area contributed by atoms with E-state index < -0.39 is 0 Å². The van der Waals surface area contributed by atoms with Gasteiger partial charge in [-0.15, -0.1) is 0 Å². The molecule has 0 heterocycles. The summed E-state index contributed by atoms with van der Waals surface area (Å²) < 4.78 is 5.93. The Kier molecular flexibility index (Phi) is 5.51. The van der Waals surface area contributed by atoms with Crippen LogP contribution in [0.2, 0.25) is 10.0 Å². The lowest BCUT2D eigenvalue weighted by molar-refractivity contribution is 0.302. The summed E-state index contributed by atoms with van der Waals surface area (Å²) in [6, 6.07) is 9.89. The maximum Gasteiger partial charge on any atom is 0.142 e. The van der Waals surface area contributed by atoms with Gasteiger partial charge in [0.2, 0.25) is 0 Å². The molecule has 0 saturated carbocycles. The fourth-order valence-electron chi connectivity index (χ4n) is 2.15. The predicted molar refractivity (Wildman–Crippen MR) is 89.5 cm³/mol. The van der Waals surface area contributed by atoms with E-state index in [0.29, 0.717) is 28.9 Å². The molecule has 2 aromatic rings. The van der Waals surface area contributed by atoms with Gasteiger partial charge in [-0.1, -0.05) is 41.4 Å². The highest BCUT2D eigenvalue weighted by atomic mass is 35.5. The topological polar surface area (TPSA) is 21.3 Å². The predicted octanol–water partition coefficient (Wildman–Crippen LogP) is 4.91. The van der Waals surface area contributed by atoms with Crippen molar-refractivity contribution in [2.24, 2.45) is 0 Å². The molecule has 21 heavy (non-hydrogen) atoms. The zero-order valence-electron chi connectivity index (χ0n) is 12.5. The van der Waals surface area contributed by atoms with Crippen LogP contribution in [0.4, 0.5) is 0 Å². The number of nitrogens with one attached hydrogen (secondary N) is 1. The molecule has 0 saturated heterocycles. The van der Waals surface area contributed by atoms with Crippen molar-refractivity contribution in [3.05, 3.63) is 62.6 Å². The molecule has 2 nitrogen and oxygen atoms in total. The fourth-order valence-corrected chi connectivity index (χ4v) is 2.74. The molecular weight excluding hydrogens is 305 g/mol. The molecule has 1 N–H and O–H groups in total. The Labute approximate surface area is 136 Å². The highest BCUT2D eigenvalue weighted by Gasteiger charge is 2.11. The lowest BCUT2D eigenvalue weighted by atomic mass is 10.1. The summed E-state index contributed by atoms with van der Waals surface area (Å²) in [7, 11) is 1.88. The molecule has 0 aliphatic heterocycles. The Balaban J connectivity index is 2.20. The van der Waals surface area contributed by atoms with Crippen LogP contribution in [0.1, 0.15) is 22.3 Å². The van der Waals surface area contributed by atoms with Crippen molar-refractivity contribution in [1.29, 1.82) is 0 Å². The van der Waals surface area contributed by atoms with Crippen molar-refractivity contribution < 1.29 is 4.74 Å². The van der Waals surface area contributed by atoms with Gasteiger partial charge in [0.25, 0.3) is 0 Å². The molecule has 4 heteroatoms. The van der Waals surface area contributed by atoms with Crippen LogP contribution in [0.5, 0.6) is 5.75 Å². The molecule has 0 atom stereocenters. The molecule has 0 spiro atoms. The number of hydrogen-bond acceptors (Lipinski definition) is 2. The maximum absolute atomic E-state index is 6.26. The highest BCUT2D eigenvalue weighted by Crippen LogP contribution is 2.33. The minimum Gasteiger partial charge on any atom is -0.487 e. The van der Waals surface area contributed by atoms with Crippen molar-refractivity contribution in [3.8, 4) is 5.75 Å². The highest BCUT2D eigenvalue weighted by molar-refractivity contribution is 6.35. The summed E-state index contributed by atoms with van der Waals surface area (Å²) >= 11 is 12.3. The molecule has 0 aromatic heterocycles. The van der Waals surface area contributed by atoms with E-state index in [-0.39, 0.29) is 0 Å². The summed E-state index contributed by atoms with van der Waals surface area (Å²) in [5, 5.41) is 4.25. The zero-order valence-corrected chi connectivity index (χ0v) is 14.0. The van der Waals surface area contributed by atoms with E-state index in [1.54, 1.807) is 6.07 Å². The third-order valence-corrected chi connectivity index (χ3v) is 3.91. The van der Waals surface area contributed by atoms with E-state index in [1.807, 2.05) is 13.1 Å². The van der Waals surface area contributed by atoms with Gasteiger partial charge < -0.3 is 10.1 Å². The molecule has 0 fully saturated rings. The van der Waals surface area contributed by atoms with E-state index in [0.717, 1.165) is 11.1 Å². The average Bonchev–Trinajstić information content (AvgIpc) is 2.42. The first-order valence-corrected chi connectivity index (χ1v) is 7.58. The summed E-state index contributed by atoms with van der Waals surface area (Å²) in [5.41, 5.74) is 4.62. The first-order valence-electron chi connectivity index (χ1n) is 6.82. The van der Waals surface area contributed by atoms with Gasteiger partial charge >= 0.3 is 0 Å². The van der Waals surface area contributed by atoms with Gasteiger partial charge in [-0.2, -0.15) is 0 Å². The Morgan fingerprint density at radius 2 is 1.81 bits per heavy atom. The number of rotatable bonds is 5. The van der Waals surface area contributed by atoms with Crippen LogP contribution in [0.15, 0.2) is 30.3 Å². The van der Waals surface area contributed by atoms with E-state index >= 15 is 0 Å². The quantitative estimate of drug-likeness (QED) is 0.844. The number of ether oxygens (including phenoxy) is 1. The fraction of sp³-hybridized carbons (Fsp3) is 0.294. The zero-order chi connectivity index (χ0) is 15.4. The molecule has 112 valence electrons. The van der Waals surface area contributed by atoms with Crippen LogP contribution >= 0.6 is 23.2 Å². The van der Waals surface area contributed by atoms with Gasteiger partial charge in [-0.05, 0) is 49.7 Å². The van der Waals surface area contributed by atoms with Crippen LogP contribution in [-0.4, -0.2) is 7.05 Å². The summed E-state index contributed by atoms with van der Waals surface area (Å²) in [5.74, 6) is 0.689. The van der Waals surface area contributed by atoms with E-state index in [1.165, 1.54) is 11.1 Å². The molecule has 0 unspecified atom stereocenters. The summed E-state index contributed by atoms with van der Waals surface area (Å²) in [6.07, 6.45) is 0. The van der Waals surface area contributed by atoms with Gasteiger partial charge in [0.15, 0.2) is 0 Å². The number of hydrogen-bond donors (Lipinski definition) is 1. The van der Waals surface area contributed by atoms with Gasteiger partial charge in [-0.3, -0.25) is 0 Å². The molecule has 0 aliphatic carbocycles. The van der Waals surface area contributed by atoms with E-state index in [9.17, 15) is 0 Å². The van der Waals surface area contributed by atoms with Crippen LogP contribution in [0.3, 0.4) is 0 Å². The van der Waals surface area contributed by atoms with Crippen molar-refractivity contribution in [2.75, 3.05) is 7.05 Å². The van der Waals surface area contributed by atoms with Gasteiger partial charge in [-0.25, -0.2) is 0 Å². The van der Waals surface area contributed by atoms with Crippen LogP contribution in [-0.2, 0) is 13.2 Å². The van der Waals surface area contributed by atoms with Crippen molar-refractivity contribution in [1.82, 2.24) is 5.32 Å². The second-order valence-corrected chi connectivity index (χ2v) is 5.96. The first kappa shape index (κ1) is 16.2. The minimum absolute atomic E-state index is 0.485. The molecule has 0 bridgehead atoms. The van der Waals surface area contributed by atoms with E-state index in [4.69, 9.17) is 27.9 Å². The number of benzene rings is 2. The molecular formula is C17H19Cl2NO. The monoisotopic (exact) mass is 323 g/mol. The normalized spacial score (nSPS) is 10.7. The second kappa shape index (κ2) is 7.17. The molecule has 0 amide bonds. The average molecular weight is 324 g/mol. The Morgan fingerprint density at radius 1 is 1.05 bits per heavy atom. The van der Waals surface area contributed by atoms with Crippen LogP contribution < -0.4 is 10.1 Å². The van der Waals surface area contributed by atoms with Crippen LogP contribution in [0.25, 0.3) is 0 Å². The SMILES string of the molecule is CNCc1cc(Cl)cc(Cl)c1OCc1ccc(C)c(C)c1. The molecule has 0 aliphatic rings. The van der Waals surface area contributed by atoms with Crippen molar-refractivity contribution in [3.63, 3.8) is 0 Å². The smallest absolute Gasteiger partial charge is 0.142 e. The largest absolute Gasteiger partial charge is 0.487 e. The van der Waals surface area contributed by atoms with Crippen molar-refractivity contribution >= 4 is 23.2 Å². The third-order valence-electron chi connectivity index (χ3n) is 3.41. The molecule has 2 rings (SSSR count).